The van der Waals surface area contributed by atoms with E-state index in [2.05, 4.69) is 92.7 Å². The molecule has 0 aliphatic heterocycles. The quantitative estimate of drug-likeness (QED) is 0.293. The number of nitrogens with zero attached hydrogens (tertiary/aromatic N) is 2. The topological polar surface area (TPSA) is 25.8 Å². The number of aromatic nitrogens is 2. The second kappa shape index (κ2) is 6.61. The minimum absolute atomic E-state index is 0.263. The van der Waals surface area contributed by atoms with Crippen LogP contribution in [0.1, 0.15) is 25.6 Å². The normalized spacial score (nSPS) is 12.0. The van der Waals surface area contributed by atoms with Crippen LogP contribution in [-0.2, 0) is 0 Å². The summed E-state index contributed by atoms with van der Waals surface area (Å²) in [7, 11) is 0. The van der Waals surface area contributed by atoms with Gasteiger partial charge in [-0.05, 0) is 33.7 Å². The predicted molar refractivity (Wildman–Crippen MR) is 129 cm³/mol. The fourth-order valence-electron chi connectivity index (χ4n) is 4.22. The van der Waals surface area contributed by atoms with Crippen molar-refractivity contribution < 1.29 is 0 Å². The summed E-state index contributed by atoms with van der Waals surface area (Å²) in [5.41, 5.74) is 3.27. The van der Waals surface area contributed by atoms with Crippen LogP contribution >= 0.6 is 11.3 Å². The van der Waals surface area contributed by atoms with E-state index in [1.807, 2.05) is 0 Å². The molecule has 3 heteroatoms. The lowest BCUT2D eigenvalue weighted by molar-refractivity contribution is 0.785. The van der Waals surface area contributed by atoms with Crippen LogP contribution in [0.5, 0.6) is 0 Å². The molecule has 2 nitrogen and oxygen atoms in total. The minimum Gasteiger partial charge on any atom is -0.231 e. The smallest absolute Gasteiger partial charge is 0.132 e. The monoisotopic (exact) mass is 404 g/mol. The summed E-state index contributed by atoms with van der Waals surface area (Å²) in [6.45, 7) is 4.33. The fraction of sp³-hybridized carbons (Fsp3) is 0.111. The van der Waals surface area contributed by atoms with Gasteiger partial charge in [-0.2, -0.15) is 0 Å². The predicted octanol–water partition coefficient (Wildman–Crippen LogP) is 7.94. The molecule has 0 saturated heterocycles. The van der Waals surface area contributed by atoms with E-state index in [1.54, 1.807) is 11.3 Å². The van der Waals surface area contributed by atoms with Crippen LogP contribution in [0.2, 0.25) is 0 Å². The minimum atomic E-state index is 0.263. The van der Waals surface area contributed by atoms with Crippen LogP contribution in [0.4, 0.5) is 0 Å². The Hall–Kier alpha value is -3.30. The van der Waals surface area contributed by atoms with Gasteiger partial charge < -0.3 is 0 Å². The molecular weight excluding hydrogens is 384 g/mol. The van der Waals surface area contributed by atoms with Crippen LogP contribution in [0, 0.1) is 0 Å². The first-order valence-electron chi connectivity index (χ1n) is 10.3. The highest BCUT2D eigenvalue weighted by Gasteiger charge is 2.18. The Balaban J connectivity index is 1.75. The lowest BCUT2D eigenvalue weighted by atomic mass is 10.0. The Kier molecular flexibility index (Phi) is 3.87. The van der Waals surface area contributed by atoms with Gasteiger partial charge in [-0.3, -0.25) is 0 Å². The van der Waals surface area contributed by atoms with Gasteiger partial charge in [0.25, 0.3) is 0 Å². The number of hydrogen-bond acceptors (Lipinski definition) is 3. The first-order valence-corrected chi connectivity index (χ1v) is 11.1. The standard InChI is InChI=1S/C27H20N2S/c1-16(2)27-28-24(20-12-11-17-7-3-4-9-19(17)15-20)26-25(29-27)23-21-10-6-5-8-18(21)13-14-22(23)30-26/h3-16H,1-2H3. The van der Waals surface area contributed by atoms with Crippen LogP contribution in [-0.4, -0.2) is 9.97 Å². The molecular formula is C27H20N2S. The van der Waals surface area contributed by atoms with E-state index in [4.69, 9.17) is 9.97 Å². The van der Waals surface area contributed by atoms with Gasteiger partial charge in [0, 0.05) is 21.6 Å². The molecule has 4 aromatic carbocycles. The summed E-state index contributed by atoms with van der Waals surface area (Å²) in [6, 6.07) is 28.1. The second-order valence-electron chi connectivity index (χ2n) is 8.09. The second-order valence-corrected chi connectivity index (χ2v) is 9.14. The first kappa shape index (κ1) is 17.5. The van der Waals surface area contributed by atoms with Crippen LogP contribution < -0.4 is 0 Å². The summed E-state index contributed by atoms with van der Waals surface area (Å²) in [5.74, 6) is 1.16. The van der Waals surface area contributed by atoms with Crippen LogP contribution in [0.3, 0.4) is 0 Å². The molecule has 0 N–H and O–H groups in total. The molecule has 2 heterocycles. The lowest BCUT2D eigenvalue weighted by Crippen LogP contribution is -1.99. The van der Waals surface area contributed by atoms with E-state index >= 15 is 0 Å². The van der Waals surface area contributed by atoms with Crippen LogP contribution in [0.25, 0.3) is 53.1 Å². The van der Waals surface area contributed by atoms with Gasteiger partial charge in [-0.1, -0.05) is 80.6 Å². The van der Waals surface area contributed by atoms with E-state index in [0.29, 0.717) is 0 Å². The highest BCUT2D eigenvalue weighted by atomic mass is 32.1. The Labute approximate surface area is 178 Å². The number of thiophene rings is 1. The van der Waals surface area contributed by atoms with Crippen molar-refractivity contribution in [3.63, 3.8) is 0 Å². The van der Waals surface area contributed by atoms with Crippen molar-refractivity contribution in [2.45, 2.75) is 19.8 Å². The van der Waals surface area contributed by atoms with Gasteiger partial charge in [0.1, 0.15) is 5.82 Å². The number of hydrogen-bond donors (Lipinski definition) is 0. The summed E-state index contributed by atoms with van der Waals surface area (Å²) in [4.78, 5) is 10.1. The van der Waals surface area contributed by atoms with Crippen LogP contribution in [0.15, 0.2) is 78.9 Å². The maximum Gasteiger partial charge on any atom is 0.132 e. The van der Waals surface area contributed by atoms with Crippen molar-refractivity contribution in [1.29, 1.82) is 0 Å². The number of rotatable bonds is 2. The van der Waals surface area contributed by atoms with Crippen molar-refractivity contribution in [2.75, 3.05) is 0 Å². The summed E-state index contributed by atoms with van der Waals surface area (Å²) >= 11 is 1.80. The molecule has 144 valence electrons. The average molecular weight is 405 g/mol. The van der Waals surface area contributed by atoms with E-state index in [9.17, 15) is 0 Å². The molecule has 6 rings (SSSR count). The van der Waals surface area contributed by atoms with Gasteiger partial charge >= 0.3 is 0 Å². The van der Waals surface area contributed by atoms with Gasteiger partial charge in [0.2, 0.25) is 0 Å². The molecule has 0 bridgehead atoms. The molecule has 2 aromatic heterocycles. The molecule has 30 heavy (non-hydrogen) atoms. The van der Waals surface area contributed by atoms with E-state index in [-0.39, 0.29) is 5.92 Å². The van der Waals surface area contributed by atoms with Gasteiger partial charge in [-0.25, -0.2) is 9.97 Å². The molecule has 0 fully saturated rings. The summed E-state index contributed by atoms with van der Waals surface area (Å²) < 4.78 is 2.43. The maximum absolute atomic E-state index is 5.06. The summed E-state index contributed by atoms with van der Waals surface area (Å²) in [6.07, 6.45) is 0. The molecule has 0 atom stereocenters. The molecule has 0 aliphatic rings. The van der Waals surface area contributed by atoms with Gasteiger partial charge in [0.05, 0.1) is 15.9 Å². The third-order valence-electron chi connectivity index (χ3n) is 5.76. The van der Waals surface area contributed by atoms with Crippen molar-refractivity contribution in [1.82, 2.24) is 9.97 Å². The van der Waals surface area contributed by atoms with Crippen molar-refractivity contribution in [3.05, 3.63) is 84.7 Å². The average Bonchev–Trinajstić information content (AvgIpc) is 3.17. The largest absolute Gasteiger partial charge is 0.231 e. The highest BCUT2D eigenvalue weighted by Crippen LogP contribution is 2.42. The van der Waals surface area contributed by atoms with E-state index in [0.717, 1.165) is 22.6 Å². The zero-order valence-electron chi connectivity index (χ0n) is 16.9. The number of fused-ring (bicyclic) bond motifs is 6. The van der Waals surface area contributed by atoms with E-state index < -0.39 is 0 Å². The molecule has 0 aliphatic carbocycles. The highest BCUT2D eigenvalue weighted by molar-refractivity contribution is 7.26. The molecule has 0 saturated carbocycles. The fourth-order valence-corrected chi connectivity index (χ4v) is 5.38. The summed E-state index contributed by atoms with van der Waals surface area (Å²) in [5, 5.41) is 6.25. The lowest BCUT2D eigenvalue weighted by Gasteiger charge is -2.10. The van der Waals surface area contributed by atoms with E-state index in [1.165, 1.54) is 36.3 Å². The molecule has 0 amide bonds. The molecule has 0 radical (unpaired) electrons. The van der Waals surface area contributed by atoms with Crippen molar-refractivity contribution in [2.24, 2.45) is 0 Å². The molecule has 0 spiro atoms. The Bertz CT molecular complexity index is 1580. The van der Waals surface area contributed by atoms with Crippen molar-refractivity contribution in [3.8, 4) is 11.3 Å². The molecule has 0 unspecified atom stereocenters. The Morgan fingerprint density at radius 3 is 2.30 bits per heavy atom. The molecule has 6 aromatic rings. The number of benzene rings is 4. The first-order chi connectivity index (χ1) is 14.7. The van der Waals surface area contributed by atoms with Crippen molar-refractivity contribution >= 4 is 53.2 Å². The Morgan fingerprint density at radius 2 is 1.47 bits per heavy atom. The maximum atomic E-state index is 5.06. The zero-order chi connectivity index (χ0) is 20.2. The van der Waals surface area contributed by atoms with Gasteiger partial charge in [0.15, 0.2) is 0 Å². The van der Waals surface area contributed by atoms with Gasteiger partial charge in [-0.15, -0.1) is 11.3 Å². The Morgan fingerprint density at radius 1 is 0.733 bits per heavy atom. The zero-order valence-corrected chi connectivity index (χ0v) is 17.7. The SMILES string of the molecule is CC(C)c1nc(-c2ccc3ccccc3c2)c2sc3ccc4ccccc4c3c2n1. The third kappa shape index (κ3) is 2.62. The third-order valence-corrected chi connectivity index (χ3v) is 6.91.